The average molecular weight is 300 g/mol. The number of amides is 1. The van der Waals surface area contributed by atoms with Gasteiger partial charge in [-0.05, 0) is 37.3 Å². The van der Waals surface area contributed by atoms with Crippen LogP contribution >= 0.6 is 23.4 Å². The lowest BCUT2D eigenvalue weighted by Gasteiger charge is -2.28. The molecule has 2 rings (SSSR count). The van der Waals surface area contributed by atoms with Crippen molar-refractivity contribution in [3.05, 3.63) is 28.8 Å². The first-order valence-corrected chi connectivity index (χ1v) is 8.04. The van der Waals surface area contributed by atoms with Crippen LogP contribution in [0.25, 0.3) is 0 Å². The largest absolute Gasteiger partial charge is 0.391 e. The number of benzene rings is 1. The molecule has 0 heterocycles. The summed E-state index contributed by atoms with van der Waals surface area (Å²) in [5.74, 6) is -0.202. The standard InChI is InChI=1S/C14H18ClNO2S/c1-19-9-6-7-11(15)10(8-9)14(18)16-12-4-2-3-5-13(12)17/h6-8,12-13,17H,2-5H2,1H3,(H,16,18)/t12-,13-/m1/s1. The van der Waals surface area contributed by atoms with Gasteiger partial charge in [-0.1, -0.05) is 24.4 Å². The molecule has 0 spiro atoms. The quantitative estimate of drug-likeness (QED) is 0.843. The molecule has 19 heavy (non-hydrogen) atoms. The van der Waals surface area contributed by atoms with E-state index in [4.69, 9.17) is 11.6 Å². The molecule has 0 aliphatic heterocycles. The van der Waals surface area contributed by atoms with Crippen LogP contribution in [0, 0.1) is 0 Å². The van der Waals surface area contributed by atoms with Crippen molar-refractivity contribution < 1.29 is 9.90 Å². The summed E-state index contributed by atoms with van der Waals surface area (Å²) in [6, 6.07) is 5.26. The van der Waals surface area contributed by atoms with E-state index >= 15 is 0 Å². The maximum Gasteiger partial charge on any atom is 0.253 e. The van der Waals surface area contributed by atoms with Crippen molar-refractivity contribution in [2.24, 2.45) is 0 Å². The van der Waals surface area contributed by atoms with Gasteiger partial charge in [0.05, 0.1) is 22.7 Å². The van der Waals surface area contributed by atoms with Crippen LogP contribution in [0.1, 0.15) is 36.0 Å². The van der Waals surface area contributed by atoms with E-state index in [0.29, 0.717) is 10.6 Å². The highest BCUT2D eigenvalue weighted by Gasteiger charge is 2.25. The Labute approximate surface area is 122 Å². The predicted molar refractivity (Wildman–Crippen MR) is 79.0 cm³/mol. The Morgan fingerprint density at radius 3 is 2.84 bits per heavy atom. The third kappa shape index (κ3) is 3.65. The Balaban J connectivity index is 2.10. The normalized spacial score (nSPS) is 23.1. The van der Waals surface area contributed by atoms with Gasteiger partial charge in [-0.2, -0.15) is 0 Å². The molecular formula is C14H18ClNO2S. The number of rotatable bonds is 3. The van der Waals surface area contributed by atoms with Gasteiger partial charge in [0.1, 0.15) is 0 Å². The third-order valence-electron chi connectivity index (χ3n) is 3.46. The van der Waals surface area contributed by atoms with Gasteiger partial charge in [-0.3, -0.25) is 4.79 Å². The van der Waals surface area contributed by atoms with E-state index in [1.54, 1.807) is 23.9 Å². The summed E-state index contributed by atoms with van der Waals surface area (Å²) in [6.07, 6.45) is 5.16. The molecule has 0 radical (unpaired) electrons. The average Bonchev–Trinajstić information content (AvgIpc) is 2.42. The van der Waals surface area contributed by atoms with Crippen LogP contribution in [0.5, 0.6) is 0 Å². The Kier molecular flexibility index (Phi) is 5.13. The molecule has 3 nitrogen and oxygen atoms in total. The Morgan fingerprint density at radius 1 is 1.42 bits per heavy atom. The number of halogens is 1. The van der Waals surface area contributed by atoms with Crippen LogP contribution < -0.4 is 5.32 Å². The molecule has 5 heteroatoms. The molecule has 1 aliphatic rings. The monoisotopic (exact) mass is 299 g/mol. The molecular weight excluding hydrogens is 282 g/mol. The van der Waals surface area contributed by atoms with Gasteiger partial charge in [0.25, 0.3) is 5.91 Å². The first kappa shape index (κ1) is 14.7. The fourth-order valence-electron chi connectivity index (χ4n) is 2.33. The van der Waals surface area contributed by atoms with Gasteiger partial charge in [0.2, 0.25) is 0 Å². The number of hydrogen-bond acceptors (Lipinski definition) is 3. The second-order valence-electron chi connectivity index (χ2n) is 4.78. The third-order valence-corrected chi connectivity index (χ3v) is 4.52. The minimum absolute atomic E-state index is 0.157. The zero-order valence-electron chi connectivity index (χ0n) is 10.9. The number of carbonyl (C=O) groups is 1. The van der Waals surface area contributed by atoms with E-state index < -0.39 is 6.10 Å². The molecule has 2 atom stereocenters. The number of aliphatic hydroxyl groups excluding tert-OH is 1. The summed E-state index contributed by atoms with van der Waals surface area (Å²) in [4.78, 5) is 13.2. The van der Waals surface area contributed by atoms with Crippen LogP contribution in [0.2, 0.25) is 5.02 Å². The predicted octanol–water partition coefficient (Wildman–Crippen LogP) is 3.10. The van der Waals surface area contributed by atoms with E-state index in [2.05, 4.69) is 5.32 Å². The molecule has 1 amide bonds. The van der Waals surface area contributed by atoms with E-state index in [-0.39, 0.29) is 11.9 Å². The van der Waals surface area contributed by atoms with Crippen molar-refractivity contribution in [3.8, 4) is 0 Å². The van der Waals surface area contributed by atoms with E-state index in [1.807, 2.05) is 12.3 Å². The molecule has 1 aromatic carbocycles. The van der Waals surface area contributed by atoms with Crippen LogP contribution in [0.4, 0.5) is 0 Å². The zero-order chi connectivity index (χ0) is 13.8. The summed E-state index contributed by atoms with van der Waals surface area (Å²) in [7, 11) is 0. The number of hydrogen-bond donors (Lipinski definition) is 2. The molecule has 104 valence electrons. The smallest absolute Gasteiger partial charge is 0.253 e. The van der Waals surface area contributed by atoms with Crippen molar-refractivity contribution in [1.29, 1.82) is 0 Å². The lowest BCUT2D eigenvalue weighted by atomic mass is 9.92. The highest BCUT2D eigenvalue weighted by Crippen LogP contribution is 2.24. The number of aliphatic hydroxyl groups is 1. The van der Waals surface area contributed by atoms with E-state index in [0.717, 1.165) is 30.6 Å². The molecule has 1 fully saturated rings. The molecule has 0 aromatic heterocycles. The second-order valence-corrected chi connectivity index (χ2v) is 6.06. The number of thioether (sulfide) groups is 1. The Hall–Kier alpha value is -0.710. The molecule has 1 aromatic rings. The maximum absolute atomic E-state index is 12.2. The lowest BCUT2D eigenvalue weighted by molar-refractivity contribution is 0.0717. The van der Waals surface area contributed by atoms with Crippen LogP contribution in [-0.2, 0) is 0 Å². The molecule has 0 unspecified atom stereocenters. The topological polar surface area (TPSA) is 49.3 Å². The van der Waals surface area contributed by atoms with Crippen molar-refractivity contribution in [3.63, 3.8) is 0 Å². The van der Waals surface area contributed by atoms with Crippen LogP contribution in [0.3, 0.4) is 0 Å². The first-order valence-electron chi connectivity index (χ1n) is 6.44. The van der Waals surface area contributed by atoms with Crippen molar-refractivity contribution in [1.82, 2.24) is 5.32 Å². The lowest BCUT2D eigenvalue weighted by Crippen LogP contribution is -2.45. The summed E-state index contributed by atoms with van der Waals surface area (Å²) in [5.41, 5.74) is 0.478. The fourth-order valence-corrected chi connectivity index (χ4v) is 2.97. The van der Waals surface area contributed by atoms with Gasteiger partial charge in [0, 0.05) is 4.90 Å². The Bertz CT molecular complexity index is 467. The summed E-state index contributed by atoms with van der Waals surface area (Å²) < 4.78 is 0. The summed E-state index contributed by atoms with van der Waals surface area (Å²) in [5, 5.41) is 13.2. The summed E-state index contributed by atoms with van der Waals surface area (Å²) in [6.45, 7) is 0. The molecule has 0 bridgehead atoms. The SMILES string of the molecule is CSc1ccc(Cl)c(C(=O)N[C@@H]2CCCC[C@H]2O)c1. The Morgan fingerprint density at radius 2 is 2.16 bits per heavy atom. The maximum atomic E-state index is 12.2. The molecule has 1 saturated carbocycles. The fraction of sp³-hybridized carbons (Fsp3) is 0.500. The minimum Gasteiger partial charge on any atom is -0.391 e. The van der Waals surface area contributed by atoms with Crippen molar-refractivity contribution >= 4 is 29.3 Å². The second kappa shape index (κ2) is 6.64. The van der Waals surface area contributed by atoms with Crippen molar-refractivity contribution in [2.45, 2.75) is 42.7 Å². The van der Waals surface area contributed by atoms with E-state index in [9.17, 15) is 9.90 Å². The number of carbonyl (C=O) groups excluding carboxylic acids is 1. The molecule has 1 aliphatic carbocycles. The highest BCUT2D eigenvalue weighted by molar-refractivity contribution is 7.98. The van der Waals surface area contributed by atoms with E-state index in [1.165, 1.54) is 0 Å². The first-order chi connectivity index (χ1) is 9.11. The highest BCUT2D eigenvalue weighted by atomic mass is 35.5. The van der Waals surface area contributed by atoms with Gasteiger partial charge in [-0.15, -0.1) is 11.8 Å². The van der Waals surface area contributed by atoms with Crippen LogP contribution in [-0.4, -0.2) is 29.4 Å². The van der Waals surface area contributed by atoms with Crippen molar-refractivity contribution in [2.75, 3.05) is 6.26 Å². The van der Waals surface area contributed by atoms with Gasteiger partial charge < -0.3 is 10.4 Å². The van der Waals surface area contributed by atoms with Gasteiger partial charge >= 0.3 is 0 Å². The number of nitrogens with one attached hydrogen (secondary N) is 1. The molecule has 2 N–H and O–H groups in total. The van der Waals surface area contributed by atoms with Crippen LogP contribution in [0.15, 0.2) is 23.1 Å². The molecule has 0 saturated heterocycles. The summed E-state index contributed by atoms with van der Waals surface area (Å²) >= 11 is 7.64. The minimum atomic E-state index is -0.444. The van der Waals surface area contributed by atoms with Gasteiger partial charge in [-0.25, -0.2) is 0 Å². The zero-order valence-corrected chi connectivity index (χ0v) is 12.4. The van der Waals surface area contributed by atoms with Gasteiger partial charge in [0.15, 0.2) is 0 Å².